The molecule has 0 aliphatic heterocycles. The highest BCUT2D eigenvalue weighted by Gasteiger charge is 2.39. The van der Waals surface area contributed by atoms with Crippen molar-refractivity contribution in [2.75, 3.05) is 7.05 Å². The lowest BCUT2D eigenvalue weighted by Crippen LogP contribution is -2.20. The van der Waals surface area contributed by atoms with Crippen molar-refractivity contribution in [2.45, 2.75) is 36.8 Å². The topological polar surface area (TPSA) is 131 Å². The van der Waals surface area contributed by atoms with Crippen molar-refractivity contribution in [3.63, 3.8) is 0 Å². The number of aromatic nitrogens is 4. The Hall–Kier alpha value is -3.63. The minimum Gasteiger partial charge on any atom is -0.434 e. The lowest BCUT2D eigenvalue weighted by atomic mass is 10.1. The smallest absolute Gasteiger partial charge is 0.434 e. The third-order valence-electron chi connectivity index (χ3n) is 5.02. The van der Waals surface area contributed by atoms with E-state index in [1.165, 1.54) is 44.6 Å². The maximum absolute atomic E-state index is 13.3. The number of pyridine rings is 2. The molecule has 0 amide bonds. The van der Waals surface area contributed by atoms with Crippen LogP contribution in [0.1, 0.15) is 41.5 Å². The molecule has 9 nitrogen and oxygen atoms in total. The highest BCUT2D eigenvalue weighted by atomic mass is 32.2. The Morgan fingerprint density at radius 1 is 1.18 bits per heavy atom. The zero-order chi connectivity index (χ0) is 24.7. The molecule has 1 aliphatic rings. The predicted molar refractivity (Wildman–Crippen MR) is 112 cm³/mol. The Morgan fingerprint density at radius 3 is 2.53 bits per heavy atom. The molecule has 1 N–H and O–H groups in total. The fraction of sp³-hybridized carbons (Fsp3) is 0.286. The van der Waals surface area contributed by atoms with Crippen LogP contribution in [0.5, 0.6) is 11.6 Å². The van der Waals surface area contributed by atoms with Crippen molar-refractivity contribution in [3.05, 3.63) is 53.4 Å². The Bertz CT molecular complexity index is 1420. The molecule has 34 heavy (non-hydrogen) atoms. The second-order valence-corrected chi connectivity index (χ2v) is 9.36. The molecule has 0 unspecified atom stereocenters. The average Bonchev–Trinajstić information content (AvgIpc) is 3.65. The number of alkyl halides is 3. The zero-order valence-corrected chi connectivity index (χ0v) is 18.7. The van der Waals surface area contributed by atoms with Crippen molar-refractivity contribution >= 4 is 10.0 Å². The minimum atomic E-state index is -4.75. The largest absolute Gasteiger partial charge is 0.451 e. The third-order valence-corrected chi connectivity index (χ3v) is 6.45. The number of nitrogens with zero attached hydrogens (tertiary/aromatic N) is 5. The Kier molecular flexibility index (Phi) is 5.96. The summed E-state index contributed by atoms with van der Waals surface area (Å²) < 4.78 is 73.0. The Morgan fingerprint density at radius 2 is 1.91 bits per heavy atom. The van der Waals surface area contributed by atoms with Gasteiger partial charge in [-0.15, -0.1) is 0 Å². The molecular formula is C21H17F3N6O3S. The summed E-state index contributed by atoms with van der Waals surface area (Å²) in [6, 6.07) is 6.12. The van der Waals surface area contributed by atoms with E-state index >= 15 is 0 Å². The maximum atomic E-state index is 13.3. The number of sulfonamides is 1. The molecule has 0 saturated heterocycles. The van der Waals surface area contributed by atoms with E-state index in [1.54, 1.807) is 0 Å². The van der Waals surface area contributed by atoms with E-state index in [0.29, 0.717) is 18.4 Å². The van der Waals surface area contributed by atoms with Crippen LogP contribution in [0.25, 0.3) is 11.3 Å². The molecule has 0 aromatic carbocycles. The van der Waals surface area contributed by atoms with Crippen LogP contribution in [-0.4, -0.2) is 35.4 Å². The molecular weight excluding hydrogens is 473 g/mol. The monoisotopic (exact) mass is 490 g/mol. The highest BCUT2D eigenvalue weighted by molar-refractivity contribution is 7.89. The summed E-state index contributed by atoms with van der Waals surface area (Å²) in [7, 11) is -2.84. The SMILES string of the molecule is CNS(=O)(=O)c1ccc(-c2cncc(C#N)c2)nc1Oc1c(C)nc(C(F)(F)F)nc1C1CC1. The first-order chi connectivity index (χ1) is 16.0. The van der Waals surface area contributed by atoms with Gasteiger partial charge < -0.3 is 4.74 Å². The number of nitriles is 1. The average molecular weight is 490 g/mol. The van der Waals surface area contributed by atoms with E-state index in [2.05, 4.69) is 24.7 Å². The predicted octanol–water partition coefficient (Wildman–Crippen LogP) is 3.71. The number of halogens is 3. The molecule has 0 radical (unpaired) electrons. The van der Waals surface area contributed by atoms with E-state index in [1.807, 2.05) is 6.07 Å². The van der Waals surface area contributed by atoms with E-state index in [-0.39, 0.29) is 45.1 Å². The fourth-order valence-electron chi connectivity index (χ4n) is 3.19. The molecule has 0 spiro atoms. The van der Waals surface area contributed by atoms with Gasteiger partial charge in [0.2, 0.25) is 21.7 Å². The molecule has 0 atom stereocenters. The van der Waals surface area contributed by atoms with E-state index in [0.717, 1.165) is 0 Å². The molecule has 176 valence electrons. The van der Waals surface area contributed by atoms with Gasteiger partial charge in [0.15, 0.2) is 5.75 Å². The van der Waals surface area contributed by atoms with Gasteiger partial charge in [0.05, 0.1) is 22.6 Å². The molecule has 1 aliphatic carbocycles. The van der Waals surface area contributed by atoms with Gasteiger partial charge in [0.25, 0.3) is 0 Å². The minimum absolute atomic E-state index is 0.0491. The second-order valence-electron chi connectivity index (χ2n) is 7.50. The summed E-state index contributed by atoms with van der Waals surface area (Å²) in [5, 5.41) is 9.12. The van der Waals surface area contributed by atoms with Crippen molar-refractivity contribution in [1.29, 1.82) is 5.26 Å². The number of ether oxygens (including phenoxy) is 1. The lowest BCUT2D eigenvalue weighted by Gasteiger charge is -2.17. The van der Waals surface area contributed by atoms with Crippen molar-refractivity contribution < 1.29 is 26.3 Å². The fourth-order valence-corrected chi connectivity index (χ4v) is 3.97. The molecule has 1 fully saturated rings. The first-order valence-electron chi connectivity index (χ1n) is 9.97. The van der Waals surface area contributed by atoms with Crippen LogP contribution in [0.15, 0.2) is 35.5 Å². The third kappa shape index (κ3) is 4.68. The molecule has 0 bridgehead atoms. The summed E-state index contributed by atoms with van der Waals surface area (Å²) in [6.45, 7) is 1.33. The van der Waals surface area contributed by atoms with Gasteiger partial charge in [-0.2, -0.15) is 18.4 Å². The first-order valence-corrected chi connectivity index (χ1v) is 11.5. The van der Waals surface area contributed by atoms with Crippen LogP contribution in [0.4, 0.5) is 13.2 Å². The van der Waals surface area contributed by atoms with Gasteiger partial charge in [-0.3, -0.25) is 4.98 Å². The summed E-state index contributed by atoms with van der Waals surface area (Å²) in [4.78, 5) is 15.1. The van der Waals surface area contributed by atoms with Gasteiger partial charge in [-0.1, -0.05) is 0 Å². The van der Waals surface area contributed by atoms with Crippen LogP contribution >= 0.6 is 0 Å². The summed E-state index contributed by atoms with van der Waals surface area (Å²) in [6.07, 6.45) is -0.727. The summed E-state index contributed by atoms with van der Waals surface area (Å²) in [5.74, 6) is -2.00. The number of rotatable bonds is 6. The number of hydrogen-bond acceptors (Lipinski definition) is 8. The Labute approximate surface area is 192 Å². The van der Waals surface area contributed by atoms with Crippen molar-refractivity contribution in [1.82, 2.24) is 24.7 Å². The normalized spacial score (nSPS) is 14.0. The Balaban J connectivity index is 1.87. The molecule has 3 aromatic rings. The van der Waals surface area contributed by atoms with Gasteiger partial charge in [0, 0.05) is 23.9 Å². The van der Waals surface area contributed by atoms with Gasteiger partial charge in [0.1, 0.15) is 11.0 Å². The summed E-state index contributed by atoms with van der Waals surface area (Å²) in [5.41, 5.74) is 0.871. The number of nitrogens with one attached hydrogen (secondary N) is 1. The van der Waals surface area contributed by atoms with Crippen LogP contribution < -0.4 is 9.46 Å². The zero-order valence-electron chi connectivity index (χ0n) is 17.9. The molecule has 1 saturated carbocycles. The quantitative estimate of drug-likeness (QED) is 0.553. The first kappa shape index (κ1) is 23.5. The van der Waals surface area contributed by atoms with Crippen LogP contribution in [0, 0.1) is 18.3 Å². The van der Waals surface area contributed by atoms with E-state index in [4.69, 9.17) is 10.00 Å². The standard InChI is InChI=1S/C21H17F3N6O3S/c1-11-18(17(13-3-4-13)30-20(28-11)21(22,23)24)33-19-16(34(31,32)26-2)6-5-15(29-19)14-7-12(8-25)9-27-10-14/h5-7,9-10,13,26H,3-4H2,1-2H3. The van der Waals surface area contributed by atoms with Gasteiger partial charge in [-0.25, -0.2) is 28.1 Å². The highest BCUT2D eigenvalue weighted by Crippen LogP contribution is 2.46. The van der Waals surface area contributed by atoms with E-state index in [9.17, 15) is 21.6 Å². The van der Waals surface area contributed by atoms with Crippen LogP contribution in [-0.2, 0) is 16.2 Å². The lowest BCUT2D eigenvalue weighted by molar-refractivity contribution is -0.145. The molecule has 13 heteroatoms. The second kappa shape index (κ2) is 8.62. The number of aryl methyl sites for hydroxylation is 1. The van der Waals surface area contributed by atoms with Gasteiger partial charge >= 0.3 is 6.18 Å². The summed E-state index contributed by atoms with van der Waals surface area (Å²) >= 11 is 0. The molecule has 4 rings (SSSR count). The van der Waals surface area contributed by atoms with Crippen LogP contribution in [0.2, 0.25) is 0 Å². The van der Waals surface area contributed by atoms with Crippen molar-refractivity contribution in [2.24, 2.45) is 0 Å². The molecule has 3 aromatic heterocycles. The van der Waals surface area contributed by atoms with Gasteiger partial charge in [-0.05, 0) is 45.0 Å². The maximum Gasteiger partial charge on any atom is 0.451 e. The molecule has 3 heterocycles. The van der Waals surface area contributed by atoms with Crippen molar-refractivity contribution in [3.8, 4) is 29.0 Å². The van der Waals surface area contributed by atoms with E-state index < -0.39 is 22.0 Å². The number of hydrogen-bond donors (Lipinski definition) is 1. The van der Waals surface area contributed by atoms with Crippen LogP contribution in [0.3, 0.4) is 0 Å².